The van der Waals surface area contributed by atoms with Gasteiger partial charge in [-0.3, -0.25) is 0 Å². The van der Waals surface area contributed by atoms with E-state index < -0.39 is 0 Å². The van der Waals surface area contributed by atoms with E-state index in [-0.39, 0.29) is 0 Å². The molecule has 2 N–H and O–H groups in total. The monoisotopic (exact) mass is 221 g/mol. The van der Waals surface area contributed by atoms with E-state index in [0.29, 0.717) is 5.75 Å². The third-order valence-corrected chi connectivity index (χ3v) is 2.53. The van der Waals surface area contributed by atoms with Gasteiger partial charge >= 0.3 is 0 Å². The van der Waals surface area contributed by atoms with Crippen LogP contribution in [0.4, 0.5) is 0 Å². The lowest BCUT2D eigenvalue weighted by Crippen LogP contribution is -2.20. The molecule has 1 rings (SSSR count). The fraction of sp³-hybridized carbons (Fsp3) is 0.571. The van der Waals surface area contributed by atoms with Gasteiger partial charge in [0.05, 0.1) is 0 Å². The number of hydrogen-bond donors (Lipinski definition) is 2. The zero-order chi connectivity index (χ0) is 11.8. The van der Waals surface area contributed by atoms with Crippen LogP contribution in [-0.4, -0.2) is 18.2 Å². The van der Waals surface area contributed by atoms with Crippen LogP contribution in [0.15, 0.2) is 24.3 Å². The number of hydrogen-bond acceptors (Lipinski definition) is 2. The van der Waals surface area contributed by atoms with Crippen molar-refractivity contribution in [3.05, 3.63) is 29.8 Å². The third kappa shape index (κ3) is 5.76. The highest BCUT2D eigenvalue weighted by Gasteiger charge is 1.96. The highest BCUT2D eigenvalue weighted by Crippen LogP contribution is 2.12. The molecular formula is C14H23NO. The lowest BCUT2D eigenvalue weighted by atomic mass is 10.1. The predicted molar refractivity (Wildman–Crippen MR) is 68.8 cm³/mol. The Kier molecular flexibility index (Phi) is 5.94. The number of phenols is 1. The standard InChI is InChI=1S/C14H23NO/c1-12(2)11-15-9-4-3-6-13-7-5-8-14(16)10-13/h5,7-8,10,12,15-16H,3-4,6,9,11H2,1-2H3. The summed E-state index contributed by atoms with van der Waals surface area (Å²) in [5.74, 6) is 1.10. The molecule has 0 amide bonds. The molecule has 90 valence electrons. The molecule has 0 saturated heterocycles. The first kappa shape index (κ1) is 13.0. The molecule has 0 aromatic heterocycles. The van der Waals surface area contributed by atoms with Crippen LogP contribution >= 0.6 is 0 Å². The van der Waals surface area contributed by atoms with Gasteiger partial charge in [0, 0.05) is 0 Å². The van der Waals surface area contributed by atoms with Crippen LogP contribution in [0, 0.1) is 5.92 Å². The molecular weight excluding hydrogens is 198 g/mol. The Bertz CT molecular complexity index is 297. The van der Waals surface area contributed by atoms with Gasteiger partial charge in [-0.15, -0.1) is 0 Å². The Hall–Kier alpha value is -1.02. The van der Waals surface area contributed by atoms with E-state index in [4.69, 9.17) is 0 Å². The van der Waals surface area contributed by atoms with E-state index in [1.165, 1.54) is 18.4 Å². The van der Waals surface area contributed by atoms with Gasteiger partial charge in [-0.25, -0.2) is 0 Å². The lowest BCUT2D eigenvalue weighted by Gasteiger charge is -2.07. The van der Waals surface area contributed by atoms with Crippen molar-refractivity contribution in [3.8, 4) is 5.75 Å². The Labute approximate surface area is 98.7 Å². The average Bonchev–Trinajstić information content (AvgIpc) is 2.23. The number of phenolic OH excluding ortho intramolecular Hbond substituents is 1. The molecule has 2 heteroatoms. The van der Waals surface area contributed by atoms with Crippen molar-refractivity contribution in [2.45, 2.75) is 33.1 Å². The smallest absolute Gasteiger partial charge is 0.115 e. The summed E-state index contributed by atoms with van der Waals surface area (Å²) in [6, 6.07) is 7.54. The molecule has 0 fully saturated rings. The molecule has 0 saturated carbocycles. The molecule has 0 aliphatic heterocycles. The lowest BCUT2D eigenvalue weighted by molar-refractivity contribution is 0.474. The van der Waals surface area contributed by atoms with Crippen molar-refractivity contribution in [1.29, 1.82) is 0 Å². The second kappa shape index (κ2) is 7.29. The summed E-state index contributed by atoms with van der Waals surface area (Å²) in [7, 11) is 0. The Balaban J connectivity index is 2.07. The van der Waals surface area contributed by atoms with E-state index in [1.54, 1.807) is 6.07 Å². The second-order valence-electron chi connectivity index (χ2n) is 4.72. The van der Waals surface area contributed by atoms with Crippen LogP contribution < -0.4 is 5.32 Å². The zero-order valence-electron chi connectivity index (χ0n) is 10.4. The molecule has 0 unspecified atom stereocenters. The highest BCUT2D eigenvalue weighted by atomic mass is 16.3. The normalized spacial score (nSPS) is 10.9. The minimum absolute atomic E-state index is 0.371. The summed E-state index contributed by atoms with van der Waals surface area (Å²) in [6.07, 6.45) is 3.43. The number of aromatic hydroxyl groups is 1. The molecule has 16 heavy (non-hydrogen) atoms. The molecule has 0 bridgehead atoms. The number of unbranched alkanes of at least 4 members (excludes halogenated alkanes) is 1. The maximum absolute atomic E-state index is 9.30. The zero-order valence-corrected chi connectivity index (χ0v) is 10.4. The van der Waals surface area contributed by atoms with Gasteiger partial charge in [-0.1, -0.05) is 26.0 Å². The number of aryl methyl sites for hydroxylation is 1. The fourth-order valence-corrected chi connectivity index (χ4v) is 1.68. The van der Waals surface area contributed by atoms with Crippen LogP contribution in [0.1, 0.15) is 32.3 Å². The SMILES string of the molecule is CC(C)CNCCCCc1cccc(O)c1. The molecule has 1 aromatic rings. The molecule has 0 aliphatic rings. The van der Waals surface area contributed by atoms with E-state index in [9.17, 15) is 5.11 Å². The number of nitrogens with one attached hydrogen (secondary N) is 1. The average molecular weight is 221 g/mol. The van der Waals surface area contributed by atoms with Crippen LogP contribution in [-0.2, 0) is 6.42 Å². The molecule has 2 nitrogen and oxygen atoms in total. The van der Waals surface area contributed by atoms with Gasteiger partial charge in [-0.05, 0) is 56.0 Å². The summed E-state index contributed by atoms with van der Waals surface area (Å²) >= 11 is 0. The predicted octanol–water partition coefficient (Wildman–Crippen LogP) is 2.96. The summed E-state index contributed by atoms with van der Waals surface area (Å²) in [5, 5.41) is 12.7. The first-order valence-electron chi connectivity index (χ1n) is 6.17. The molecule has 0 atom stereocenters. The Morgan fingerprint density at radius 3 is 2.75 bits per heavy atom. The molecule has 0 radical (unpaired) electrons. The first-order valence-corrected chi connectivity index (χ1v) is 6.17. The van der Waals surface area contributed by atoms with Gasteiger partial charge < -0.3 is 10.4 Å². The van der Waals surface area contributed by atoms with Gasteiger partial charge in [-0.2, -0.15) is 0 Å². The van der Waals surface area contributed by atoms with E-state index in [2.05, 4.69) is 25.2 Å². The van der Waals surface area contributed by atoms with Crippen molar-refractivity contribution >= 4 is 0 Å². The largest absolute Gasteiger partial charge is 0.508 e. The van der Waals surface area contributed by atoms with Gasteiger partial charge in [0.2, 0.25) is 0 Å². The van der Waals surface area contributed by atoms with E-state index >= 15 is 0 Å². The minimum Gasteiger partial charge on any atom is -0.508 e. The molecule has 1 aromatic carbocycles. The maximum Gasteiger partial charge on any atom is 0.115 e. The van der Waals surface area contributed by atoms with Gasteiger partial charge in [0.1, 0.15) is 5.75 Å². The Morgan fingerprint density at radius 2 is 2.06 bits per heavy atom. The van der Waals surface area contributed by atoms with E-state index in [0.717, 1.165) is 25.4 Å². The van der Waals surface area contributed by atoms with Crippen molar-refractivity contribution in [2.75, 3.05) is 13.1 Å². The minimum atomic E-state index is 0.371. The third-order valence-electron chi connectivity index (χ3n) is 2.53. The van der Waals surface area contributed by atoms with Crippen molar-refractivity contribution in [2.24, 2.45) is 5.92 Å². The van der Waals surface area contributed by atoms with Gasteiger partial charge in [0.25, 0.3) is 0 Å². The summed E-state index contributed by atoms with van der Waals surface area (Å²) < 4.78 is 0. The van der Waals surface area contributed by atoms with Crippen LogP contribution in [0.2, 0.25) is 0 Å². The van der Waals surface area contributed by atoms with Crippen LogP contribution in [0.3, 0.4) is 0 Å². The van der Waals surface area contributed by atoms with Crippen molar-refractivity contribution < 1.29 is 5.11 Å². The summed E-state index contributed by atoms with van der Waals surface area (Å²) in [5.41, 5.74) is 1.23. The second-order valence-corrected chi connectivity index (χ2v) is 4.72. The van der Waals surface area contributed by atoms with Crippen molar-refractivity contribution in [3.63, 3.8) is 0 Å². The summed E-state index contributed by atoms with van der Waals surface area (Å²) in [6.45, 7) is 6.64. The number of benzene rings is 1. The molecule has 0 heterocycles. The van der Waals surface area contributed by atoms with Crippen molar-refractivity contribution in [1.82, 2.24) is 5.32 Å². The van der Waals surface area contributed by atoms with Crippen LogP contribution in [0.5, 0.6) is 5.75 Å². The van der Waals surface area contributed by atoms with Crippen LogP contribution in [0.25, 0.3) is 0 Å². The number of rotatable bonds is 7. The molecule has 0 aliphatic carbocycles. The van der Waals surface area contributed by atoms with E-state index in [1.807, 2.05) is 12.1 Å². The highest BCUT2D eigenvalue weighted by molar-refractivity contribution is 5.27. The Morgan fingerprint density at radius 1 is 1.25 bits per heavy atom. The quantitative estimate of drug-likeness (QED) is 0.694. The first-order chi connectivity index (χ1) is 7.68. The molecule has 0 spiro atoms. The van der Waals surface area contributed by atoms with Gasteiger partial charge in [0.15, 0.2) is 0 Å². The summed E-state index contributed by atoms with van der Waals surface area (Å²) in [4.78, 5) is 0. The topological polar surface area (TPSA) is 32.3 Å². The fourth-order valence-electron chi connectivity index (χ4n) is 1.68. The maximum atomic E-state index is 9.30.